The molecule has 2 aromatic carbocycles. The molecule has 1 saturated heterocycles. The number of anilines is 1. The van der Waals surface area contributed by atoms with Crippen molar-refractivity contribution >= 4 is 28.9 Å². The van der Waals surface area contributed by atoms with E-state index in [4.69, 9.17) is 12.2 Å². The third-order valence-electron chi connectivity index (χ3n) is 7.19. The monoisotopic (exact) mass is 523 g/mol. The first-order chi connectivity index (χ1) is 18.3. The smallest absolute Gasteiger partial charge is 0.226 e. The number of thiocarbonyl (C=S) groups is 1. The molecule has 0 spiro atoms. The minimum Gasteiger partial charge on any atom is -0.352 e. The van der Waals surface area contributed by atoms with Crippen LogP contribution in [0.5, 0.6) is 0 Å². The number of hydrogen-bond donors (Lipinski definition) is 2. The fraction of sp³-hybridized carbons (Fsp3) is 0.258. The summed E-state index contributed by atoms with van der Waals surface area (Å²) in [6.45, 7) is 8.90. The molecule has 5 rings (SSSR count). The summed E-state index contributed by atoms with van der Waals surface area (Å²) >= 11 is 5.83. The Morgan fingerprint density at radius 2 is 1.66 bits per heavy atom. The van der Waals surface area contributed by atoms with Crippen LogP contribution in [0.25, 0.3) is 5.69 Å². The van der Waals surface area contributed by atoms with Crippen molar-refractivity contribution in [2.45, 2.75) is 46.2 Å². The van der Waals surface area contributed by atoms with Crippen molar-refractivity contribution in [3.8, 4) is 5.69 Å². The maximum atomic E-state index is 12.9. The summed E-state index contributed by atoms with van der Waals surface area (Å²) in [5.74, 6) is -0.0400. The van der Waals surface area contributed by atoms with Gasteiger partial charge in [0.15, 0.2) is 5.11 Å². The lowest BCUT2D eigenvalue weighted by atomic mass is 9.96. The van der Waals surface area contributed by atoms with Gasteiger partial charge in [0.05, 0.1) is 17.8 Å². The third kappa shape index (κ3) is 5.20. The van der Waals surface area contributed by atoms with E-state index < -0.39 is 0 Å². The van der Waals surface area contributed by atoms with Crippen LogP contribution in [0.3, 0.4) is 0 Å². The standard InChI is InChI=1S/C31H33N5OS/c1-20-8-12-24(13-9-20)33-28(37)16-18-35-30(29(34-31(35)38)27-7-5-6-17-32-27)26-19-22(3)36(23(26)4)25-14-10-21(2)11-15-25/h5-15,17,19,29-30H,16,18H2,1-4H3,(H,33,37)(H,34,38)/t29-,30-/m1/s1. The van der Waals surface area contributed by atoms with Gasteiger partial charge in [-0.3, -0.25) is 9.78 Å². The van der Waals surface area contributed by atoms with E-state index in [0.717, 1.165) is 34.0 Å². The first kappa shape index (κ1) is 25.7. The molecule has 0 bridgehead atoms. The number of rotatable bonds is 7. The molecule has 0 saturated carbocycles. The fourth-order valence-electron chi connectivity index (χ4n) is 5.25. The van der Waals surface area contributed by atoms with Crippen LogP contribution >= 0.6 is 12.2 Å². The van der Waals surface area contributed by atoms with Gasteiger partial charge in [-0.1, -0.05) is 41.5 Å². The van der Waals surface area contributed by atoms with Crippen LogP contribution in [-0.2, 0) is 4.79 Å². The van der Waals surface area contributed by atoms with Crippen molar-refractivity contribution in [1.29, 1.82) is 0 Å². The zero-order chi connectivity index (χ0) is 26.8. The molecule has 38 heavy (non-hydrogen) atoms. The zero-order valence-electron chi connectivity index (χ0n) is 22.2. The molecule has 1 aliphatic rings. The molecule has 0 unspecified atom stereocenters. The first-order valence-corrected chi connectivity index (χ1v) is 13.3. The third-order valence-corrected chi connectivity index (χ3v) is 7.55. The van der Waals surface area contributed by atoms with E-state index in [1.807, 2.05) is 55.6 Å². The van der Waals surface area contributed by atoms with E-state index >= 15 is 0 Å². The normalized spacial score (nSPS) is 16.9. The number of nitrogens with one attached hydrogen (secondary N) is 2. The quantitative estimate of drug-likeness (QED) is 0.286. The molecule has 3 heterocycles. The van der Waals surface area contributed by atoms with Gasteiger partial charge in [-0.15, -0.1) is 0 Å². The molecular weight excluding hydrogens is 490 g/mol. The Balaban J connectivity index is 1.46. The average Bonchev–Trinajstić information content (AvgIpc) is 3.39. The van der Waals surface area contributed by atoms with Crippen molar-refractivity contribution in [1.82, 2.24) is 19.8 Å². The van der Waals surface area contributed by atoms with Gasteiger partial charge in [-0.25, -0.2) is 0 Å². The highest BCUT2D eigenvalue weighted by Crippen LogP contribution is 2.41. The summed E-state index contributed by atoms with van der Waals surface area (Å²) in [6, 6.07) is 24.4. The summed E-state index contributed by atoms with van der Waals surface area (Å²) in [5.41, 5.74) is 8.71. The largest absolute Gasteiger partial charge is 0.352 e. The van der Waals surface area contributed by atoms with Crippen molar-refractivity contribution in [2.24, 2.45) is 0 Å². The molecule has 0 aliphatic carbocycles. The SMILES string of the molecule is Cc1ccc(NC(=O)CCN2C(=S)N[C@H](c3ccccn3)[C@H]2c2cc(C)n(-c3ccc(C)cc3)c2C)cc1. The molecule has 1 aliphatic heterocycles. The molecule has 4 aromatic rings. The fourth-order valence-corrected chi connectivity index (χ4v) is 5.58. The summed E-state index contributed by atoms with van der Waals surface area (Å²) in [5, 5.41) is 7.15. The van der Waals surface area contributed by atoms with Crippen molar-refractivity contribution in [3.63, 3.8) is 0 Å². The van der Waals surface area contributed by atoms with Crippen molar-refractivity contribution in [2.75, 3.05) is 11.9 Å². The second-order valence-electron chi connectivity index (χ2n) is 9.98. The van der Waals surface area contributed by atoms with Gasteiger partial charge in [0.2, 0.25) is 5.91 Å². The van der Waals surface area contributed by atoms with E-state index in [2.05, 4.69) is 76.2 Å². The van der Waals surface area contributed by atoms with Crippen LogP contribution in [-0.4, -0.2) is 32.0 Å². The Bertz CT molecular complexity index is 1440. The van der Waals surface area contributed by atoms with Gasteiger partial charge in [0, 0.05) is 41.9 Å². The molecule has 2 atom stereocenters. The van der Waals surface area contributed by atoms with E-state index in [1.165, 1.54) is 11.1 Å². The molecule has 1 amide bonds. The number of carbonyl (C=O) groups excluding carboxylic acids is 1. The van der Waals surface area contributed by atoms with Crippen molar-refractivity contribution in [3.05, 3.63) is 113 Å². The van der Waals surface area contributed by atoms with Gasteiger partial charge < -0.3 is 20.1 Å². The number of aromatic nitrogens is 2. The molecule has 2 aromatic heterocycles. The molecule has 0 radical (unpaired) electrons. The Morgan fingerprint density at radius 1 is 0.974 bits per heavy atom. The lowest BCUT2D eigenvalue weighted by Gasteiger charge is -2.28. The number of aryl methyl sites for hydroxylation is 3. The number of benzene rings is 2. The van der Waals surface area contributed by atoms with Crippen LogP contribution in [0.2, 0.25) is 0 Å². The summed E-state index contributed by atoms with van der Waals surface area (Å²) in [7, 11) is 0. The topological polar surface area (TPSA) is 62.2 Å². The summed E-state index contributed by atoms with van der Waals surface area (Å²) in [6.07, 6.45) is 2.13. The second kappa shape index (κ2) is 10.8. The number of amides is 1. The Morgan fingerprint density at radius 3 is 2.32 bits per heavy atom. The highest BCUT2D eigenvalue weighted by atomic mass is 32.1. The highest BCUT2D eigenvalue weighted by molar-refractivity contribution is 7.80. The number of carbonyl (C=O) groups is 1. The van der Waals surface area contributed by atoms with E-state index in [-0.39, 0.29) is 18.0 Å². The molecule has 194 valence electrons. The molecule has 6 nitrogen and oxygen atoms in total. The first-order valence-electron chi connectivity index (χ1n) is 12.9. The van der Waals surface area contributed by atoms with Crippen LogP contribution in [0.4, 0.5) is 5.69 Å². The van der Waals surface area contributed by atoms with Crippen LogP contribution in [0.1, 0.15) is 52.3 Å². The molecule has 2 N–H and O–H groups in total. The van der Waals surface area contributed by atoms with Gasteiger partial charge in [0.25, 0.3) is 0 Å². The minimum atomic E-state index is -0.129. The van der Waals surface area contributed by atoms with Crippen LogP contribution < -0.4 is 10.6 Å². The lowest BCUT2D eigenvalue weighted by molar-refractivity contribution is -0.116. The highest BCUT2D eigenvalue weighted by Gasteiger charge is 2.41. The second-order valence-corrected chi connectivity index (χ2v) is 10.4. The van der Waals surface area contributed by atoms with Gasteiger partial charge in [0.1, 0.15) is 0 Å². The van der Waals surface area contributed by atoms with Gasteiger partial charge in [-0.2, -0.15) is 0 Å². The average molecular weight is 524 g/mol. The van der Waals surface area contributed by atoms with E-state index in [9.17, 15) is 4.79 Å². The number of hydrogen-bond acceptors (Lipinski definition) is 3. The molecule has 7 heteroatoms. The maximum absolute atomic E-state index is 12.9. The Hall–Kier alpha value is -3.97. The number of pyridine rings is 1. The van der Waals surface area contributed by atoms with Gasteiger partial charge in [-0.05, 0) is 87.9 Å². The predicted molar refractivity (Wildman–Crippen MR) is 157 cm³/mol. The summed E-state index contributed by atoms with van der Waals surface area (Å²) in [4.78, 5) is 19.7. The minimum absolute atomic E-state index is 0.0400. The summed E-state index contributed by atoms with van der Waals surface area (Å²) < 4.78 is 2.29. The molecular formula is C31H33N5OS. The predicted octanol–water partition coefficient (Wildman–Crippen LogP) is 6.11. The maximum Gasteiger partial charge on any atom is 0.226 e. The Labute approximate surface area is 229 Å². The zero-order valence-corrected chi connectivity index (χ0v) is 23.0. The van der Waals surface area contributed by atoms with E-state index in [0.29, 0.717) is 18.1 Å². The van der Waals surface area contributed by atoms with Crippen LogP contribution in [0, 0.1) is 27.7 Å². The van der Waals surface area contributed by atoms with Gasteiger partial charge >= 0.3 is 0 Å². The Kier molecular flexibility index (Phi) is 7.29. The lowest BCUT2D eigenvalue weighted by Crippen LogP contribution is -2.32. The van der Waals surface area contributed by atoms with Crippen LogP contribution in [0.15, 0.2) is 79.0 Å². The molecule has 1 fully saturated rings. The number of nitrogens with zero attached hydrogens (tertiary/aromatic N) is 3. The van der Waals surface area contributed by atoms with E-state index in [1.54, 1.807) is 0 Å². The van der Waals surface area contributed by atoms with Crippen molar-refractivity contribution < 1.29 is 4.79 Å².